The van der Waals surface area contributed by atoms with Gasteiger partial charge in [-0.3, -0.25) is 4.79 Å². The van der Waals surface area contributed by atoms with E-state index in [0.29, 0.717) is 18.1 Å². The van der Waals surface area contributed by atoms with E-state index in [0.717, 1.165) is 37.1 Å². The van der Waals surface area contributed by atoms with Crippen LogP contribution in [0.15, 0.2) is 54.6 Å². The van der Waals surface area contributed by atoms with Crippen LogP contribution in [-0.4, -0.2) is 31.0 Å². The number of amides is 1. The van der Waals surface area contributed by atoms with E-state index < -0.39 is 0 Å². The van der Waals surface area contributed by atoms with Crippen LogP contribution in [0.3, 0.4) is 0 Å². The Bertz CT molecular complexity index is 762. The van der Waals surface area contributed by atoms with Crippen LogP contribution in [0.1, 0.15) is 36.8 Å². The van der Waals surface area contributed by atoms with Gasteiger partial charge in [0, 0.05) is 19.2 Å². The molecule has 0 radical (unpaired) electrons. The summed E-state index contributed by atoms with van der Waals surface area (Å²) in [5.41, 5.74) is 2.02. The van der Waals surface area contributed by atoms with E-state index in [4.69, 9.17) is 9.47 Å². The molecule has 142 valence electrons. The number of hydrogen-bond acceptors (Lipinski definition) is 3. The number of carbonyl (C=O) groups excluding carboxylic acids is 1. The monoisotopic (exact) mass is 365 g/mol. The van der Waals surface area contributed by atoms with E-state index in [1.54, 1.807) is 13.2 Å². The van der Waals surface area contributed by atoms with Crippen molar-refractivity contribution in [3.8, 4) is 11.5 Å². The predicted octanol–water partition coefficient (Wildman–Crippen LogP) is 4.69. The van der Waals surface area contributed by atoms with E-state index in [1.807, 2.05) is 59.5 Å². The van der Waals surface area contributed by atoms with E-state index >= 15 is 0 Å². The number of ether oxygens (including phenoxy) is 2. The summed E-state index contributed by atoms with van der Waals surface area (Å²) < 4.78 is 11.3. The van der Waals surface area contributed by atoms with Crippen molar-refractivity contribution in [2.75, 3.05) is 20.2 Å². The highest BCUT2D eigenvalue weighted by atomic mass is 16.5. The molecule has 1 amide bonds. The van der Waals surface area contributed by atoms with Crippen molar-refractivity contribution in [3.05, 3.63) is 65.7 Å². The van der Waals surface area contributed by atoms with Crippen molar-refractivity contribution in [2.24, 2.45) is 0 Å². The molecule has 1 saturated heterocycles. The van der Waals surface area contributed by atoms with Gasteiger partial charge >= 0.3 is 0 Å². The molecule has 0 N–H and O–H groups in total. The highest BCUT2D eigenvalue weighted by Gasteiger charge is 2.13. The molecule has 0 bridgehead atoms. The fraction of sp³-hybridized carbons (Fsp3) is 0.348. The fourth-order valence-corrected chi connectivity index (χ4v) is 3.21. The summed E-state index contributed by atoms with van der Waals surface area (Å²) in [5.74, 6) is 1.44. The maximum Gasteiger partial charge on any atom is 0.246 e. The maximum atomic E-state index is 12.4. The van der Waals surface area contributed by atoms with Gasteiger partial charge in [0.05, 0.1) is 7.11 Å². The number of carbonyl (C=O) groups is 1. The third-order valence-electron chi connectivity index (χ3n) is 4.76. The van der Waals surface area contributed by atoms with Gasteiger partial charge in [0.2, 0.25) is 5.91 Å². The van der Waals surface area contributed by atoms with Crippen LogP contribution in [0.25, 0.3) is 6.08 Å². The molecule has 0 aromatic heterocycles. The van der Waals surface area contributed by atoms with Crippen LogP contribution < -0.4 is 9.47 Å². The first kappa shape index (κ1) is 19.0. The summed E-state index contributed by atoms with van der Waals surface area (Å²) >= 11 is 0. The van der Waals surface area contributed by atoms with Crippen LogP contribution in [-0.2, 0) is 11.4 Å². The summed E-state index contributed by atoms with van der Waals surface area (Å²) in [4.78, 5) is 14.3. The molecule has 1 heterocycles. The third kappa shape index (κ3) is 5.61. The number of nitrogens with zero attached hydrogens (tertiary/aromatic N) is 1. The average molecular weight is 365 g/mol. The fourth-order valence-electron chi connectivity index (χ4n) is 3.21. The second-order valence-electron chi connectivity index (χ2n) is 6.76. The molecule has 1 aliphatic rings. The SMILES string of the molecule is COc1cc(C=CC(=O)N2CCCCCC2)ccc1OCc1ccccc1. The Morgan fingerprint density at radius 1 is 1.00 bits per heavy atom. The lowest BCUT2D eigenvalue weighted by Gasteiger charge is -2.18. The van der Waals surface area contributed by atoms with E-state index in [-0.39, 0.29) is 5.91 Å². The lowest BCUT2D eigenvalue weighted by atomic mass is 10.1. The Morgan fingerprint density at radius 2 is 1.74 bits per heavy atom. The number of rotatable bonds is 6. The Hall–Kier alpha value is -2.75. The zero-order chi connectivity index (χ0) is 18.9. The summed E-state index contributed by atoms with van der Waals surface area (Å²) in [6, 6.07) is 15.7. The normalized spacial score (nSPS) is 14.8. The average Bonchev–Trinajstić information content (AvgIpc) is 3.01. The molecule has 1 aliphatic heterocycles. The highest BCUT2D eigenvalue weighted by Crippen LogP contribution is 2.29. The summed E-state index contributed by atoms with van der Waals surface area (Å²) in [6.07, 6.45) is 8.13. The van der Waals surface area contributed by atoms with Gasteiger partial charge in [-0.2, -0.15) is 0 Å². The highest BCUT2D eigenvalue weighted by molar-refractivity contribution is 5.91. The molecule has 2 aromatic carbocycles. The zero-order valence-corrected chi connectivity index (χ0v) is 15.9. The Balaban J connectivity index is 1.63. The summed E-state index contributed by atoms with van der Waals surface area (Å²) in [7, 11) is 1.63. The minimum absolute atomic E-state index is 0.0836. The second kappa shape index (κ2) is 9.81. The summed E-state index contributed by atoms with van der Waals surface area (Å²) in [5, 5.41) is 0. The van der Waals surface area contributed by atoms with Gasteiger partial charge in [-0.15, -0.1) is 0 Å². The van der Waals surface area contributed by atoms with Crippen molar-refractivity contribution in [3.63, 3.8) is 0 Å². The second-order valence-corrected chi connectivity index (χ2v) is 6.76. The van der Waals surface area contributed by atoms with Gasteiger partial charge < -0.3 is 14.4 Å². The molecule has 4 heteroatoms. The molecule has 2 aromatic rings. The van der Waals surface area contributed by atoms with Crippen LogP contribution in [0, 0.1) is 0 Å². The predicted molar refractivity (Wildman–Crippen MR) is 108 cm³/mol. The molecule has 0 atom stereocenters. The lowest BCUT2D eigenvalue weighted by Crippen LogP contribution is -2.30. The standard InChI is InChI=1S/C23H27NO3/c1-26-22-17-19(12-14-23(25)24-15-7-2-3-8-16-24)11-13-21(22)27-18-20-9-5-4-6-10-20/h4-6,9-14,17H,2-3,7-8,15-16,18H2,1H3. The Labute approximate surface area is 161 Å². The molecule has 0 aliphatic carbocycles. The van der Waals surface area contributed by atoms with Crippen molar-refractivity contribution in [1.29, 1.82) is 0 Å². The molecule has 3 rings (SSSR count). The van der Waals surface area contributed by atoms with Crippen LogP contribution in [0.4, 0.5) is 0 Å². The first-order chi connectivity index (χ1) is 13.3. The molecule has 0 unspecified atom stereocenters. The number of hydrogen-bond donors (Lipinski definition) is 0. The molecule has 1 fully saturated rings. The van der Waals surface area contributed by atoms with Gasteiger partial charge in [-0.1, -0.05) is 49.2 Å². The van der Waals surface area contributed by atoms with Crippen molar-refractivity contribution >= 4 is 12.0 Å². The molecular weight excluding hydrogens is 338 g/mol. The number of benzene rings is 2. The van der Waals surface area contributed by atoms with Crippen LogP contribution in [0.5, 0.6) is 11.5 Å². The number of methoxy groups -OCH3 is 1. The quantitative estimate of drug-likeness (QED) is 0.697. The largest absolute Gasteiger partial charge is 0.493 e. The molecule has 0 saturated carbocycles. The minimum Gasteiger partial charge on any atom is -0.493 e. The van der Waals surface area contributed by atoms with Crippen molar-refractivity contribution in [2.45, 2.75) is 32.3 Å². The number of likely N-dealkylation sites (tertiary alicyclic amines) is 1. The summed E-state index contributed by atoms with van der Waals surface area (Å²) in [6.45, 7) is 2.21. The van der Waals surface area contributed by atoms with Crippen molar-refractivity contribution in [1.82, 2.24) is 4.90 Å². The van der Waals surface area contributed by atoms with Gasteiger partial charge in [-0.05, 0) is 42.2 Å². The first-order valence-electron chi connectivity index (χ1n) is 9.58. The lowest BCUT2D eigenvalue weighted by molar-refractivity contribution is -0.125. The third-order valence-corrected chi connectivity index (χ3v) is 4.76. The van der Waals surface area contributed by atoms with Crippen molar-refractivity contribution < 1.29 is 14.3 Å². The first-order valence-corrected chi connectivity index (χ1v) is 9.58. The van der Waals surface area contributed by atoms with E-state index in [1.165, 1.54) is 12.8 Å². The van der Waals surface area contributed by atoms with E-state index in [9.17, 15) is 4.79 Å². The zero-order valence-electron chi connectivity index (χ0n) is 15.9. The Morgan fingerprint density at radius 3 is 2.44 bits per heavy atom. The topological polar surface area (TPSA) is 38.8 Å². The van der Waals surface area contributed by atoms with Gasteiger partial charge in [0.1, 0.15) is 6.61 Å². The minimum atomic E-state index is 0.0836. The molecule has 4 nitrogen and oxygen atoms in total. The molecule has 0 spiro atoms. The smallest absolute Gasteiger partial charge is 0.246 e. The van der Waals surface area contributed by atoms with E-state index in [2.05, 4.69) is 0 Å². The maximum absolute atomic E-state index is 12.4. The van der Waals surface area contributed by atoms with Crippen LogP contribution in [0.2, 0.25) is 0 Å². The van der Waals surface area contributed by atoms with Gasteiger partial charge in [-0.25, -0.2) is 0 Å². The van der Waals surface area contributed by atoms with Crippen LogP contribution >= 0.6 is 0 Å². The Kier molecular flexibility index (Phi) is 6.91. The van der Waals surface area contributed by atoms with Gasteiger partial charge in [0.15, 0.2) is 11.5 Å². The molecule has 27 heavy (non-hydrogen) atoms. The van der Waals surface area contributed by atoms with Gasteiger partial charge in [0.25, 0.3) is 0 Å². The molecular formula is C23H27NO3.